The number of anilines is 2. The first kappa shape index (κ1) is 15.1. The minimum Gasteiger partial charge on any atom is -0.378 e. The van der Waals surface area contributed by atoms with Gasteiger partial charge in [0.25, 0.3) is 0 Å². The van der Waals surface area contributed by atoms with Gasteiger partial charge in [-0.1, -0.05) is 29.8 Å². The Balaban J connectivity index is 2.15. The second kappa shape index (κ2) is 6.44. The summed E-state index contributed by atoms with van der Waals surface area (Å²) in [5, 5.41) is 6.28. The standard InChI is InChI=1S/C18H22N2O/c1-12-8-9-18(13(2)10-12)14(3)19-16-6-5-7-17(11-16)20-15(4)21/h5-11,14,19H,1-4H3,(H,20,21). The second-order valence-electron chi connectivity index (χ2n) is 5.49. The van der Waals surface area contributed by atoms with E-state index in [1.54, 1.807) is 0 Å². The van der Waals surface area contributed by atoms with Crippen LogP contribution in [0, 0.1) is 13.8 Å². The van der Waals surface area contributed by atoms with E-state index in [1.807, 2.05) is 24.3 Å². The largest absolute Gasteiger partial charge is 0.378 e. The summed E-state index contributed by atoms with van der Waals surface area (Å²) in [4.78, 5) is 11.1. The van der Waals surface area contributed by atoms with Gasteiger partial charge >= 0.3 is 0 Å². The number of rotatable bonds is 4. The highest BCUT2D eigenvalue weighted by atomic mass is 16.1. The molecule has 0 aliphatic rings. The maximum absolute atomic E-state index is 11.1. The summed E-state index contributed by atoms with van der Waals surface area (Å²) < 4.78 is 0. The number of carbonyl (C=O) groups is 1. The molecule has 3 nitrogen and oxygen atoms in total. The Morgan fingerprint density at radius 1 is 1.05 bits per heavy atom. The fourth-order valence-corrected chi connectivity index (χ4v) is 2.53. The first-order valence-corrected chi connectivity index (χ1v) is 7.17. The summed E-state index contributed by atoms with van der Waals surface area (Å²) >= 11 is 0. The topological polar surface area (TPSA) is 41.1 Å². The quantitative estimate of drug-likeness (QED) is 0.870. The van der Waals surface area contributed by atoms with Gasteiger partial charge in [0.1, 0.15) is 0 Å². The molecule has 0 spiro atoms. The van der Waals surface area contributed by atoms with E-state index in [1.165, 1.54) is 23.6 Å². The highest BCUT2D eigenvalue weighted by Crippen LogP contribution is 2.24. The Labute approximate surface area is 126 Å². The van der Waals surface area contributed by atoms with Crippen LogP contribution in [-0.4, -0.2) is 5.91 Å². The SMILES string of the molecule is CC(=O)Nc1cccc(NC(C)c2ccc(C)cc2C)c1. The van der Waals surface area contributed by atoms with Crippen LogP contribution in [0.15, 0.2) is 42.5 Å². The maximum atomic E-state index is 11.1. The van der Waals surface area contributed by atoms with Crippen LogP contribution in [0.3, 0.4) is 0 Å². The second-order valence-corrected chi connectivity index (χ2v) is 5.49. The van der Waals surface area contributed by atoms with Gasteiger partial charge in [-0.05, 0) is 50.1 Å². The summed E-state index contributed by atoms with van der Waals surface area (Å²) in [7, 11) is 0. The average Bonchev–Trinajstić information content (AvgIpc) is 2.37. The fraction of sp³-hybridized carbons (Fsp3) is 0.278. The van der Waals surface area contributed by atoms with E-state index in [0.29, 0.717) is 0 Å². The van der Waals surface area contributed by atoms with Crippen molar-refractivity contribution in [3.63, 3.8) is 0 Å². The number of aryl methyl sites for hydroxylation is 2. The zero-order chi connectivity index (χ0) is 15.4. The molecule has 1 atom stereocenters. The number of amides is 1. The van der Waals surface area contributed by atoms with Crippen molar-refractivity contribution in [1.29, 1.82) is 0 Å². The van der Waals surface area contributed by atoms with Gasteiger partial charge in [0.2, 0.25) is 5.91 Å². The van der Waals surface area contributed by atoms with Gasteiger partial charge in [0, 0.05) is 24.3 Å². The van der Waals surface area contributed by atoms with Crippen LogP contribution < -0.4 is 10.6 Å². The minimum atomic E-state index is -0.0606. The lowest BCUT2D eigenvalue weighted by Gasteiger charge is -2.19. The van der Waals surface area contributed by atoms with Gasteiger partial charge in [-0.15, -0.1) is 0 Å². The van der Waals surface area contributed by atoms with Crippen LogP contribution in [0.2, 0.25) is 0 Å². The van der Waals surface area contributed by atoms with Crippen LogP contribution in [0.5, 0.6) is 0 Å². The molecule has 0 radical (unpaired) electrons. The number of carbonyl (C=O) groups excluding carboxylic acids is 1. The Morgan fingerprint density at radius 2 is 1.76 bits per heavy atom. The Morgan fingerprint density at radius 3 is 2.43 bits per heavy atom. The monoisotopic (exact) mass is 282 g/mol. The van der Waals surface area contributed by atoms with E-state index in [2.05, 4.69) is 49.6 Å². The predicted octanol–water partition coefficient (Wildman–Crippen LogP) is 4.43. The van der Waals surface area contributed by atoms with Crippen LogP contribution in [0.25, 0.3) is 0 Å². The summed E-state index contributed by atoms with van der Waals surface area (Å²) in [5.74, 6) is -0.0606. The lowest BCUT2D eigenvalue weighted by atomic mass is 10.00. The number of nitrogens with one attached hydrogen (secondary N) is 2. The minimum absolute atomic E-state index is 0.0606. The lowest BCUT2D eigenvalue weighted by molar-refractivity contribution is -0.114. The van der Waals surface area contributed by atoms with Gasteiger partial charge in [0.15, 0.2) is 0 Å². The normalized spacial score (nSPS) is 11.8. The van der Waals surface area contributed by atoms with Gasteiger partial charge in [0.05, 0.1) is 0 Å². The van der Waals surface area contributed by atoms with Crippen molar-refractivity contribution in [2.75, 3.05) is 10.6 Å². The molecule has 0 aliphatic heterocycles. The lowest BCUT2D eigenvalue weighted by Crippen LogP contribution is -2.09. The molecule has 1 unspecified atom stereocenters. The molecule has 0 fully saturated rings. The van der Waals surface area contributed by atoms with E-state index >= 15 is 0 Å². The summed E-state index contributed by atoms with van der Waals surface area (Å²) in [5.41, 5.74) is 5.64. The van der Waals surface area contributed by atoms with Crippen molar-refractivity contribution in [2.24, 2.45) is 0 Å². The average molecular weight is 282 g/mol. The molecule has 3 heteroatoms. The molecule has 0 aliphatic carbocycles. The molecule has 2 aromatic rings. The molecule has 110 valence electrons. The third kappa shape index (κ3) is 4.09. The molecule has 0 saturated heterocycles. The van der Waals surface area contributed by atoms with Gasteiger partial charge in [-0.3, -0.25) is 4.79 Å². The molecule has 0 heterocycles. The summed E-state index contributed by atoms with van der Waals surface area (Å²) in [6, 6.07) is 14.5. The first-order chi connectivity index (χ1) is 9.95. The molecule has 1 amide bonds. The Hall–Kier alpha value is -2.29. The zero-order valence-corrected chi connectivity index (χ0v) is 13.0. The number of hydrogen-bond acceptors (Lipinski definition) is 2. The van der Waals surface area contributed by atoms with E-state index in [-0.39, 0.29) is 11.9 Å². The highest BCUT2D eigenvalue weighted by molar-refractivity contribution is 5.89. The van der Waals surface area contributed by atoms with Gasteiger partial charge in [-0.25, -0.2) is 0 Å². The molecule has 21 heavy (non-hydrogen) atoms. The van der Waals surface area contributed by atoms with Gasteiger partial charge < -0.3 is 10.6 Å². The van der Waals surface area contributed by atoms with Crippen molar-refractivity contribution in [1.82, 2.24) is 0 Å². The molecule has 0 bridgehead atoms. The van der Waals surface area contributed by atoms with Crippen LogP contribution >= 0.6 is 0 Å². The molecular weight excluding hydrogens is 260 g/mol. The van der Waals surface area contributed by atoms with E-state index < -0.39 is 0 Å². The smallest absolute Gasteiger partial charge is 0.221 e. The third-order valence-corrected chi connectivity index (χ3v) is 3.46. The van der Waals surface area contributed by atoms with Crippen molar-refractivity contribution in [3.05, 3.63) is 59.2 Å². The summed E-state index contributed by atoms with van der Waals surface area (Å²) in [6.45, 7) is 7.89. The molecule has 2 aromatic carbocycles. The van der Waals surface area contributed by atoms with Crippen molar-refractivity contribution < 1.29 is 4.79 Å². The Kier molecular flexibility index (Phi) is 4.63. The van der Waals surface area contributed by atoms with Gasteiger partial charge in [-0.2, -0.15) is 0 Å². The molecule has 0 aromatic heterocycles. The Bertz CT molecular complexity index is 649. The molecule has 0 saturated carbocycles. The van der Waals surface area contributed by atoms with Crippen LogP contribution in [0.4, 0.5) is 11.4 Å². The van der Waals surface area contributed by atoms with E-state index in [0.717, 1.165) is 11.4 Å². The number of hydrogen-bond donors (Lipinski definition) is 2. The van der Waals surface area contributed by atoms with E-state index in [4.69, 9.17) is 0 Å². The third-order valence-electron chi connectivity index (χ3n) is 3.46. The molecule has 2 N–H and O–H groups in total. The van der Waals surface area contributed by atoms with Crippen molar-refractivity contribution in [2.45, 2.75) is 33.7 Å². The van der Waals surface area contributed by atoms with Crippen molar-refractivity contribution >= 4 is 17.3 Å². The zero-order valence-electron chi connectivity index (χ0n) is 13.0. The van der Waals surface area contributed by atoms with E-state index in [9.17, 15) is 4.79 Å². The highest BCUT2D eigenvalue weighted by Gasteiger charge is 2.08. The summed E-state index contributed by atoms with van der Waals surface area (Å²) in [6.07, 6.45) is 0. The van der Waals surface area contributed by atoms with Crippen molar-refractivity contribution in [3.8, 4) is 0 Å². The molecular formula is C18H22N2O. The van der Waals surface area contributed by atoms with Crippen LogP contribution in [-0.2, 0) is 4.79 Å². The predicted molar refractivity (Wildman–Crippen MR) is 88.7 cm³/mol. The van der Waals surface area contributed by atoms with Crippen LogP contribution in [0.1, 0.15) is 36.6 Å². The first-order valence-electron chi connectivity index (χ1n) is 7.17. The molecule has 2 rings (SSSR count). The number of benzene rings is 2. The maximum Gasteiger partial charge on any atom is 0.221 e. The fourth-order valence-electron chi connectivity index (χ4n) is 2.53.